The fraction of sp³-hybridized carbons (Fsp3) is 1.00. The Kier molecular flexibility index (Phi) is 2.95. The minimum Gasteiger partial charge on any atom is -0.389 e. The molecular weight excluding hydrogens is 153 g/mol. The van der Waals surface area contributed by atoms with Gasteiger partial charge in [-0.3, -0.25) is 0 Å². The molecule has 0 saturated carbocycles. The Morgan fingerprint density at radius 1 is 1.70 bits per heavy atom. The van der Waals surface area contributed by atoms with Crippen LogP contribution in [0.15, 0.2) is 0 Å². The molecule has 1 fully saturated rings. The predicted molar refractivity (Wildman–Crippen MR) is 40.6 cm³/mol. The molecule has 0 amide bonds. The zero-order valence-corrected chi connectivity index (χ0v) is 6.77. The molecule has 1 N–H and O–H groups in total. The molecule has 0 aromatic rings. The van der Waals surface area contributed by atoms with Crippen molar-refractivity contribution in [2.75, 3.05) is 19.3 Å². The Morgan fingerprint density at radius 3 is 2.90 bits per heavy atom. The number of aliphatic hydroxyl groups is 1. The molecule has 0 aromatic carbocycles. The van der Waals surface area contributed by atoms with Gasteiger partial charge in [0.1, 0.15) is 6.17 Å². The average molecular weight is 165 g/mol. The van der Waals surface area contributed by atoms with Gasteiger partial charge in [-0.2, -0.15) is 0 Å². The van der Waals surface area contributed by atoms with E-state index in [-0.39, 0.29) is 0 Å². The topological polar surface area (TPSA) is 23.5 Å². The van der Waals surface area contributed by atoms with E-state index in [9.17, 15) is 4.39 Å². The zero-order valence-electron chi connectivity index (χ0n) is 5.96. The lowest BCUT2D eigenvalue weighted by molar-refractivity contribution is 0.0323. The van der Waals surface area contributed by atoms with Crippen molar-refractivity contribution in [2.24, 2.45) is 0 Å². The van der Waals surface area contributed by atoms with Crippen LogP contribution in [-0.2, 0) is 0 Å². The average Bonchev–Trinajstić information content (AvgIpc) is 1.95. The molecule has 1 aliphatic heterocycles. The van der Waals surface area contributed by atoms with Crippen LogP contribution in [0.5, 0.6) is 0 Å². The van der Waals surface area contributed by atoms with Gasteiger partial charge in [0.2, 0.25) is 0 Å². The lowest BCUT2D eigenvalue weighted by Gasteiger charge is -2.30. The maximum absolute atomic E-state index is 12.6. The van der Waals surface area contributed by atoms with E-state index in [1.54, 1.807) is 11.9 Å². The molecule has 2 unspecified atom stereocenters. The van der Waals surface area contributed by atoms with Gasteiger partial charge >= 0.3 is 0 Å². The van der Waals surface area contributed by atoms with Crippen molar-refractivity contribution in [3.05, 3.63) is 0 Å². The molecule has 1 aliphatic rings. The van der Waals surface area contributed by atoms with Crippen LogP contribution in [0.2, 0.25) is 0 Å². The fourth-order valence-electron chi connectivity index (χ4n) is 1.04. The van der Waals surface area contributed by atoms with Crippen LogP contribution in [-0.4, -0.2) is 41.0 Å². The van der Waals surface area contributed by atoms with E-state index in [1.807, 2.05) is 10.6 Å². The van der Waals surface area contributed by atoms with Crippen LogP contribution in [0.1, 0.15) is 6.42 Å². The van der Waals surface area contributed by atoms with E-state index >= 15 is 0 Å². The Labute approximate surface area is 64.5 Å². The second kappa shape index (κ2) is 3.55. The minimum atomic E-state index is -1.01. The highest BCUT2D eigenvalue weighted by Gasteiger charge is 2.26. The monoisotopic (exact) mass is 165 g/mol. The molecule has 4 heteroatoms. The first-order valence-corrected chi connectivity index (χ1v) is 4.53. The van der Waals surface area contributed by atoms with Crippen LogP contribution in [0.3, 0.4) is 0 Å². The van der Waals surface area contributed by atoms with Gasteiger partial charge in [-0.1, -0.05) is 11.9 Å². The molecule has 0 aromatic heterocycles. The molecule has 10 heavy (non-hydrogen) atoms. The smallest absolute Gasteiger partial charge is 0.128 e. The molecule has 1 saturated heterocycles. The van der Waals surface area contributed by atoms with Crippen molar-refractivity contribution in [2.45, 2.75) is 18.7 Å². The Balaban J connectivity index is 2.33. The second-order valence-corrected chi connectivity index (χ2v) is 3.32. The maximum Gasteiger partial charge on any atom is 0.128 e. The van der Waals surface area contributed by atoms with Crippen molar-refractivity contribution in [1.29, 1.82) is 0 Å². The molecule has 1 heterocycles. The SMILES string of the molecule is CSN1CCC(F)C(O)C1. The number of hydrogen-bond acceptors (Lipinski definition) is 3. The largest absolute Gasteiger partial charge is 0.389 e. The summed E-state index contributed by atoms with van der Waals surface area (Å²) in [6, 6.07) is 0. The van der Waals surface area contributed by atoms with Crippen molar-refractivity contribution < 1.29 is 9.50 Å². The van der Waals surface area contributed by atoms with Crippen LogP contribution in [0.25, 0.3) is 0 Å². The van der Waals surface area contributed by atoms with Gasteiger partial charge in [-0.15, -0.1) is 0 Å². The number of hydrogen-bond donors (Lipinski definition) is 1. The lowest BCUT2D eigenvalue weighted by atomic mass is 10.1. The highest BCUT2D eigenvalue weighted by molar-refractivity contribution is 7.96. The highest BCUT2D eigenvalue weighted by atomic mass is 32.2. The first-order valence-electron chi connectivity index (χ1n) is 3.35. The molecule has 1 rings (SSSR count). The van der Waals surface area contributed by atoms with Gasteiger partial charge in [0.15, 0.2) is 0 Å². The number of alkyl halides is 1. The van der Waals surface area contributed by atoms with Crippen LogP contribution >= 0.6 is 11.9 Å². The maximum atomic E-state index is 12.6. The molecule has 2 nitrogen and oxygen atoms in total. The molecule has 0 bridgehead atoms. The minimum absolute atomic E-state index is 0.460. The molecule has 2 atom stereocenters. The van der Waals surface area contributed by atoms with Gasteiger partial charge in [-0.25, -0.2) is 8.70 Å². The van der Waals surface area contributed by atoms with Gasteiger partial charge in [0, 0.05) is 13.1 Å². The Morgan fingerprint density at radius 2 is 2.40 bits per heavy atom. The summed E-state index contributed by atoms with van der Waals surface area (Å²) in [5.41, 5.74) is 0. The van der Waals surface area contributed by atoms with Crippen molar-refractivity contribution in [1.82, 2.24) is 4.31 Å². The first-order chi connectivity index (χ1) is 4.74. The molecular formula is C6H12FNOS. The highest BCUT2D eigenvalue weighted by Crippen LogP contribution is 2.18. The number of aliphatic hydroxyl groups excluding tert-OH is 1. The van der Waals surface area contributed by atoms with Crippen LogP contribution < -0.4 is 0 Å². The number of piperidine rings is 1. The summed E-state index contributed by atoms with van der Waals surface area (Å²) in [4.78, 5) is 0. The third kappa shape index (κ3) is 1.84. The molecule has 0 aliphatic carbocycles. The third-order valence-electron chi connectivity index (χ3n) is 1.72. The van der Waals surface area contributed by atoms with Crippen LogP contribution in [0.4, 0.5) is 4.39 Å². The summed E-state index contributed by atoms with van der Waals surface area (Å²) in [5.74, 6) is 0. The number of halogens is 1. The summed E-state index contributed by atoms with van der Waals surface area (Å²) in [7, 11) is 0. The first kappa shape index (κ1) is 8.30. The summed E-state index contributed by atoms with van der Waals surface area (Å²) < 4.78 is 14.6. The van der Waals surface area contributed by atoms with Gasteiger partial charge in [-0.05, 0) is 12.7 Å². The van der Waals surface area contributed by atoms with E-state index in [1.165, 1.54) is 0 Å². The zero-order chi connectivity index (χ0) is 7.56. The van der Waals surface area contributed by atoms with E-state index in [0.29, 0.717) is 13.0 Å². The van der Waals surface area contributed by atoms with Gasteiger partial charge in [0.25, 0.3) is 0 Å². The van der Waals surface area contributed by atoms with Crippen LogP contribution in [0, 0.1) is 0 Å². The van der Waals surface area contributed by atoms with E-state index in [0.717, 1.165) is 6.54 Å². The Bertz CT molecular complexity index is 114. The molecule has 0 spiro atoms. The third-order valence-corrected chi connectivity index (χ3v) is 2.57. The van der Waals surface area contributed by atoms with E-state index in [2.05, 4.69) is 0 Å². The molecule has 60 valence electrons. The summed E-state index contributed by atoms with van der Waals surface area (Å²) >= 11 is 1.56. The van der Waals surface area contributed by atoms with E-state index in [4.69, 9.17) is 5.11 Å². The summed E-state index contributed by atoms with van der Waals surface area (Å²) in [6.45, 7) is 1.21. The molecule has 0 radical (unpaired) electrons. The Hall–Kier alpha value is 0.200. The lowest BCUT2D eigenvalue weighted by Crippen LogP contribution is -2.41. The quantitative estimate of drug-likeness (QED) is 0.578. The second-order valence-electron chi connectivity index (χ2n) is 2.44. The number of rotatable bonds is 1. The number of β-amino-alcohol motifs (C(OH)–C–C–N with tert-alkyl or cyclic N) is 1. The normalized spacial score (nSPS) is 36.3. The standard InChI is InChI=1S/C6H12FNOS/c1-10-8-3-2-5(7)6(9)4-8/h5-6,9H,2-4H2,1H3. The van der Waals surface area contributed by atoms with Gasteiger partial charge in [0.05, 0.1) is 6.10 Å². The summed E-state index contributed by atoms with van der Waals surface area (Å²) in [5, 5.41) is 9.05. The van der Waals surface area contributed by atoms with E-state index < -0.39 is 12.3 Å². The predicted octanol–water partition coefficient (Wildman–Crippen LogP) is 0.669. The van der Waals surface area contributed by atoms with Crippen molar-refractivity contribution in [3.63, 3.8) is 0 Å². The number of nitrogens with zero attached hydrogens (tertiary/aromatic N) is 1. The van der Waals surface area contributed by atoms with Crippen molar-refractivity contribution in [3.8, 4) is 0 Å². The van der Waals surface area contributed by atoms with Crippen molar-refractivity contribution >= 4 is 11.9 Å². The van der Waals surface area contributed by atoms with Gasteiger partial charge < -0.3 is 5.11 Å². The fourth-order valence-corrected chi connectivity index (χ4v) is 1.63. The summed E-state index contributed by atoms with van der Waals surface area (Å²) in [6.07, 6.45) is 0.609.